The van der Waals surface area contributed by atoms with E-state index in [-0.39, 0.29) is 0 Å². The first-order chi connectivity index (χ1) is 11.5. The minimum absolute atomic E-state index is 0.422. The molecule has 2 amide bonds. The molecule has 0 saturated heterocycles. The summed E-state index contributed by atoms with van der Waals surface area (Å²) in [7, 11) is -12.8. The van der Waals surface area contributed by atoms with E-state index in [0.717, 1.165) is 13.8 Å². The van der Waals surface area contributed by atoms with E-state index in [0.29, 0.717) is 0 Å². The Balaban J connectivity index is 6.18. The summed E-state index contributed by atoms with van der Waals surface area (Å²) >= 11 is 0. The fourth-order valence-corrected chi connectivity index (χ4v) is 3.47. The summed E-state index contributed by atoms with van der Waals surface area (Å²) < 4.78 is 119. The quantitative estimate of drug-likeness (QED) is 0.457. The van der Waals surface area contributed by atoms with Crippen LogP contribution >= 0.6 is 0 Å². The zero-order valence-electron chi connectivity index (χ0n) is 13.3. The summed E-state index contributed by atoms with van der Waals surface area (Å²) in [6, 6.07) is 0. The Morgan fingerprint density at radius 2 is 0.923 bits per heavy atom. The van der Waals surface area contributed by atoms with Gasteiger partial charge < -0.3 is 0 Å². The Hall–Kier alpha value is -1.58. The highest BCUT2D eigenvalue weighted by molar-refractivity contribution is 7.91. The smallest absolute Gasteiger partial charge is 0.262 e. The third-order valence-corrected chi connectivity index (χ3v) is 5.68. The van der Waals surface area contributed by atoms with Crippen molar-refractivity contribution < 1.29 is 52.8 Å². The van der Waals surface area contributed by atoms with Gasteiger partial charge in [-0.15, -0.1) is 0 Å². The van der Waals surface area contributed by atoms with Gasteiger partial charge in [-0.3, -0.25) is 9.59 Å². The average Bonchev–Trinajstić information content (AvgIpc) is 2.46. The summed E-state index contributed by atoms with van der Waals surface area (Å²) in [6.07, 6.45) is -0.845. The van der Waals surface area contributed by atoms with Crippen molar-refractivity contribution in [3.63, 3.8) is 0 Å². The number of amides is 2. The lowest BCUT2D eigenvalue weighted by Gasteiger charge is -2.26. The maximum absolute atomic E-state index is 12.6. The Morgan fingerprint density at radius 1 is 0.692 bits per heavy atom. The van der Waals surface area contributed by atoms with Gasteiger partial charge in [0.25, 0.3) is 0 Å². The van der Waals surface area contributed by atoms with Crippen molar-refractivity contribution in [3.8, 4) is 0 Å². The van der Waals surface area contributed by atoms with Crippen molar-refractivity contribution in [2.45, 2.75) is 37.7 Å². The second-order valence-electron chi connectivity index (χ2n) is 4.66. The molecule has 0 radical (unpaired) electrons. The first-order valence-corrected chi connectivity index (χ1v) is 9.61. The lowest BCUT2D eigenvalue weighted by molar-refractivity contribution is -0.147. The minimum Gasteiger partial charge on any atom is -0.262 e. The van der Waals surface area contributed by atoms with Crippen LogP contribution in [0.1, 0.15) is 26.7 Å². The highest BCUT2D eigenvalue weighted by Crippen LogP contribution is 2.30. The van der Waals surface area contributed by atoms with Crippen LogP contribution in [0, 0.1) is 0 Å². The van der Waals surface area contributed by atoms with E-state index in [2.05, 4.69) is 0 Å². The van der Waals surface area contributed by atoms with Crippen molar-refractivity contribution in [3.05, 3.63) is 0 Å². The molecule has 0 unspecified atom stereocenters. The van der Waals surface area contributed by atoms with Gasteiger partial charge in [0.1, 0.15) is 0 Å². The Bertz CT molecular complexity index is 679. The number of rotatable bonds is 6. The third kappa shape index (κ3) is 4.77. The van der Waals surface area contributed by atoms with Crippen molar-refractivity contribution in [1.82, 2.24) is 8.61 Å². The van der Waals surface area contributed by atoms with Crippen LogP contribution in [0.5, 0.6) is 0 Å². The summed E-state index contributed by atoms with van der Waals surface area (Å²) in [6.45, 7) is -0.156. The third-order valence-electron chi connectivity index (χ3n) is 2.65. The molecule has 0 N–H and O–H groups in total. The van der Waals surface area contributed by atoms with E-state index >= 15 is 0 Å². The number of nitrogens with zero attached hydrogens (tertiary/aromatic N) is 2. The van der Waals surface area contributed by atoms with Gasteiger partial charge in [-0.2, -0.15) is 43.2 Å². The molecule has 0 aromatic heterocycles. The molecule has 16 heteroatoms. The van der Waals surface area contributed by atoms with Crippen LogP contribution in [0.25, 0.3) is 0 Å². The first-order valence-electron chi connectivity index (χ1n) is 6.73. The van der Waals surface area contributed by atoms with Crippen LogP contribution in [0.4, 0.5) is 26.3 Å². The average molecular weight is 436 g/mol. The van der Waals surface area contributed by atoms with Crippen molar-refractivity contribution in [1.29, 1.82) is 0 Å². The van der Waals surface area contributed by atoms with Crippen LogP contribution in [0.3, 0.4) is 0 Å². The minimum atomic E-state index is -6.41. The summed E-state index contributed by atoms with van der Waals surface area (Å²) in [5, 5.41) is 0. The topological polar surface area (TPSA) is 109 Å². The molecule has 0 aromatic carbocycles. The molecule has 0 heterocycles. The molecule has 0 spiro atoms. The summed E-state index contributed by atoms with van der Waals surface area (Å²) in [5.41, 5.74) is -12.1. The van der Waals surface area contributed by atoms with Gasteiger partial charge >= 0.3 is 42.9 Å². The van der Waals surface area contributed by atoms with Gasteiger partial charge in [-0.05, 0) is 12.8 Å². The molecule has 154 valence electrons. The molecule has 0 aliphatic heterocycles. The second-order valence-corrected chi connectivity index (χ2v) is 8.36. The lowest BCUT2D eigenvalue weighted by Crippen LogP contribution is -2.54. The van der Waals surface area contributed by atoms with E-state index in [1.165, 1.54) is 0 Å². The van der Waals surface area contributed by atoms with Crippen molar-refractivity contribution >= 4 is 31.9 Å². The van der Waals surface area contributed by atoms with Crippen molar-refractivity contribution in [2.75, 3.05) is 13.1 Å². The zero-order chi connectivity index (χ0) is 21.1. The molecule has 0 aromatic rings. The fourth-order valence-electron chi connectivity index (χ4n) is 1.53. The number of halogens is 6. The van der Waals surface area contributed by atoms with E-state index in [4.69, 9.17) is 0 Å². The highest BCUT2D eigenvalue weighted by Gasteiger charge is 2.56. The van der Waals surface area contributed by atoms with Crippen molar-refractivity contribution in [2.24, 2.45) is 0 Å². The number of hydrogen-bond donors (Lipinski definition) is 0. The number of alkyl halides is 6. The monoisotopic (exact) mass is 436 g/mol. The molecular formula is C10H14F6N2O6S2. The normalized spacial score (nSPS) is 13.4. The summed E-state index contributed by atoms with van der Waals surface area (Å²) in [5.74, 6) is -5.13. The fraction of sp³-hybridized carbons (Fsp3) is 0.800. The van der Waals surface area contributed by atoms with Gasteiger partial charge in [0, 0.05) is 13.1 Å². The standard InChI is InChI=1S/C10H14F6N2O6S2/c1-3-5-17(25(21,22)9(11,12)13)7(19)8(20)18(6-4-2)26(23,24)10(14,15)16/h3-6H2,1-2H3. The van der Waals surface area contributed by atoms with Gasteiger partial charge in [0.2, 0.25) is 0 Å². The van der Waals surface area contributed by atoms with Gasteiger partial charge in [0.15, 0.2) is 0 Å². The predicted octanol–water partition coefficient (Wildman–Crippen LogP) is 1.16. The predicted molar refractivity (Wildman–Crippen MR) is 74.0 cm³/mol. The number of carbonyl (C=O) groups is 2. The maximum Gasteiger partial charge on any atom is 0.516 e. The summed E-state index contributed by atoms with van der Waals surface area (Å²) in [4.78, 5) is 23.7. The van der Waals surface area contributed by atoms with Gasteiger partial charge in [-0.25, -0.2) is 8.61 Å². The SMILES string of the molecule is CCCN(C(=O)C(=O)N(CCC)S(=O)(=O)C(F)(F)F)S(=O)(=O)C(F)(F)F. The second kappa shape index (κ2) is 7.98. The molecule has 0 saturated carbocycles. The highest BCUT2D eigenvalue weighted by atomic mass is 32.2. The molecule has 8 nitrogen and oxygen atoms in total. The Kier molecular flexibility index (Phi) is 7.49. The van der Waals surface area contributed by atoms with Gasteiger partial charge in [0.05, 0.1) is 0 Å². The van der Waals surface area contributed by atoms with Crippen LogP contribution < -0.4 is 0 Å². The van der Waals surface area contributed by atoms with Crippen LogP contribution in [-0.2, 0) is 29.6 Å². The lowest BCUT2D eigenvalue weighted by atomic mass is 10.4. The molecule has 26 heavy (non-hydrogen) atoms. The van der Waals surface area contributed by atoms with Crippen LogP contribution in [0.15, 0.2) is 0 Å². The molecule has 0 fully saturated rings. The zero-order valence-corrected chi connectivity index (χ0v) is 14.9. The van der Waals surface area contributed by atoms with E-state index in [1.54, 1.807) is 0 Å². The molecule has 0 rings (SSSR count). The number of sulfonamides is 2. The number of carbonyl (C=O) groups excluding carboxylic acids is 2. The Morgan fingerprint density at radius 3 is 1.08 bits per heavy atom. The molecule has 0 bridgehead atoms. The maximum atomic E-state index is 12.6. The van der Waals surface area contributed by atoms with E-state index in [1.807, 2.05) is 0 Å². The van der Waals surface area contributed by atoms with Crippen LogP contribution in [-0.4, -0.2) is 61.4 Å². The largest absolute Gasteiger partial charge is 0.516 e. The first kappa shape index (κ1) is 24.4. The van der Waals surface area contributed by atoms with E-state index in [9.17, 15) is 52.8 Å². The molecule has 0 aliphatic carbocycles. The molecule has 0 aliphatic rings. The molecule has 0 atom stereocenters. The Labute approximate surface area is 144 Å². The van der Waals surface area contributed by atoms with E-state index < -0.39 is 77.4 Å². The van der Waals surface area contributed by atoms with Gasteiger partial charge in [-0.1, -0.05) is 13.8 Å². The van der Waals surface area contributed by atoms with Crippen LogP contribution in [0.2, 0.25) is 0 Å². The molecular weight excluding hydrogens is 422 g/mol. The number of hydrogen-bond acceptors (Lipinski definition) is 6.